The summed E-state index contributed by atoms with van der Waals surface area (Å²) in [5, 5.41) is 12.5. The third-order valence-electron chi connectivity index (χ3n) is 5.02. The number of rotatable bonds is 7. The lowest BCUT2D eigenvalue weighted by Crippen LogP contribution is -2.22. The third kappa shape index (κ3) is 4.26. The molecule has 1 aliphatic rings. The predicted octanol–water partition coefficient (Wildman–Crippen LogP) is 5.58. The Hall–Kier alpha value is -2.97. The molecule has 6 nitrogen and oxygen atoms in total. The van der Waals surface area contributed by atoms with E-state index in [9.17, 15) is 4.79 Å². The van der Waals surface area contributed by atoms with Crippen LogP contribution >= 0.6 is 23.1 Å². The lowest BCUT2D eigenvalue weighted by molar-refractivity contribution is -0.115. The van der Waals surface area contributed by atoms with Gasteiger partial charge in [-0.05, 0) is 37.1 Å². The van der Waals surface area contributed by atoms with Crippen LogP contribution in [0.15, 0.2) is 71.2 Å². The molecule has 1 aliphatic carbocycles. The van der Waals surface area contributed by atoms with Crippen LogP contribution in [0.25, 0.3) is 5.69 Å². The first-order valence-electron chi connectivity index (χ1n) is 10.1. The number of nitrogens with zero attached hydrogens (tertiary/aromatic N) is 5. The van der Waals surface area contributed by atoms with Crippen LogP contribution in [0.5, 0.6) is 0 Å². The summed E-state index contributed by atoms with van der Waals surface area (Å²) in [6.45, 7) is 1.56. The van der Waals surface area contributed by atoms with E-state index >= 15 is 0 Å². The fourth-order valence-corrected chi connectivity index (χ4v) is 5.25. The van der Waals surface area contributed by atoms with Gasteiger partial charge in [-0.15, -0.1) is 21.5 Å². The number of carbonyl (C=O) groups is 1. The molecule has 0 N–H and O–H groups in total. The number of carbonyl (C=O) groups excluding carboxylic acids is 1. The van der Waals surface area contributed by atoms with Crippen LogP contribution in [-0.4, -0.2) is 25.7 Å². The number of benzene rings is 2. The third-order valence-corrected chi connectivity index (χ3v) is 6.86. The monoisotopic (exact) mass is 447 g/mol. The standard InChI is InChI=1S/C23H21N5OS2/c1-16(29)27(19-8-4-2-5-9-19)22-24-18(14-30-22)15-31-23-26-25-21(17-12-13-17)28(23)20-10-6-3-7-11-20/h2-11,14,17H,12-13,15H2,1H3. The van der Waals surface area contributed by atoms with E-state index in [2.05, 4.69) is 26.9 Å². The Morgan fingerprint density at radius 2 is 1.81 bits per heavy atom. The summed E-state index contributed by atoms with van der Waals surface area (Å²) in [4.78, 5) is 18.6. The highest BCUT2D eigenvalue weighted by Gasteiger charge is 2.31. The average Bonchev–Trinajstić information content (AvgIpc) is 3.38. The van der Waals surface area contributed by atoms with Crippen LogP contribution in [0.1, 0.15) is 37.2 Å². The SMILES string of the molecule is CC(=O)N(c1ccccc1)c1nc(CSc2nnc(C3CC3)n2-c2ccccc2)cs1. The van der Waals surface area contributed by atoms with E-state index in [1.54, 1.807) is 23.6 Å². The van der Waals surface area contributed by atoms with Gasteiger partial charge < -0.3 is 0 Å². The van der Waals surface area contributed by atoms with Gasteiger partial charge >= 0.3 is 0 Å². The van der Waals surface area contributed by atoms with Gasteiger partial charge in [0.1, 0.15) is 5.82 Å². The van der Waals surface area contributed by atoms with Crippen LogP contribution in [0, 0.1) is 0 Å². The molecule has 156 valence electrons. The van der Waals surface area contributed by atoms with Crippen LogP contribution in [-0.2, 0) is 10.5 Å². The molecule has 0 bridgehead atoms. The molecule has 0 spiro atoms. The normalized spacial score (nSPS) is 13.3. The van der Waals surface area contributed by atoms with Gasteiger partial charge in [0.2, 0.25) is 5.91 Å². The minimum atomic E-state index is -0.0577. The molecule has 0 atom stereocenters. The first-order chi connectivity index (χ1) is 15.2. The molecule has 0 unspecified atom stereocenters. The Morgan fingerprint density at radius 3 is 2.48 bits per heavy atom. The van der Waals surface area contributed by atoms with Crippen LogP contribution in [0.4, 0.5) is 10.8 Å². The van der Waals surface area contributed by atoms with Crippen molar-refractivity contribution >= 4 is 39.8 Å². The summed E-state index contributed by atoms with van der Waals surface area (Å²) in [7, 11) is 0. The Balaban J connectivity index is 1.37. The number of para-hydroxylation sites is 2. The van der Waals surface area contributed by atoms with Crippen molar-refractivity contribution in [3.8, 4) is 5.69 Å². The Bertz CT molecular complexity index is 1190. The molecule has 1 fully saturated rings. The summed E-state index contributed by atoms with van der Waals surface area (Å²) in [5.41, 5.74) is 2.83. The van der Waals surface area contributed by atoms with Crippen molar-refractivity contribution in [3.63, 3.8) is 0 Å². The Labute approximate surface area is 189 Å². The maximum Gasteiger partial charge on any atom is 0.230 e. The van der Waals surface area contributed by atoms with Gasteiger partial charge in [-0.3, -0.25) is 14.3 Å². The molecule has 1 saturated carbocycles. The van der Waals surface area contributed by atoms with E-state index in [0.717, 1.165) is 28.0 Å². The van der Waals surface area contributed by atoms with E-state index in [4.69, 9.17) is 4.98 Å². The van der Waals surface area contributed by atoms with Crippen molar-refractivity contribution in [2.24, 2.45) is 0 Å². The highest BCUT2D eigenvalue weighted by molar-refractivity contribution is 7.98. The van der Waals surface area contributed by atoms with E-state index in [1.807, 2.05) is 53.9 Å². The number of hydrogen-bond acceptors (Lipinski definition) is 6. The van der Waals surface area contributed by atoms with Crippen LogP contribution in [0.2, 0.25) is 0 Å². The van der Waals surface area contributed by atoms with Gasteiger partial charge in [0, 0.05) is 29.7 Å². The minimum Gasteiger partial charge on any atom is -0.274 e. The second kappa shape index (κ2) is 8.64. The molecule has 2 aromatic heterocycles. The van der Waals surface area contributed by atoms with Gasteiger partial charge in [0.25, 0.3) is 0 Å². The summed E-state index contributed by atoms with van der Waals surface area (Å²) in [6.07, 6.45) is 2.34. The number of amides is 1. The fraction of sp³-hybridized carbons (Fsp3) is 0.217. The highest BCUT2D eigenvalue weighted by Crippen LogP contribution is 2.41. The molecule has 0 aliphatic heterocycles. The summed E-state index contributed by atoms with van der Waals surface area (Å²) in [5.74, 6) is 2.15. The summed E-state index contributed by atoms with van der Waals surface area (Å²) < 4.78 is 2.17. The predicted molar refractivity (Wildman–Crippen MR) is 124 cm³/mol. The maximum absolute atomic E-state index is 12.3. The zero-order valence-electron chi connectivity index (χ0n) is 17.0. The summed E-state index contributed by atoms with van der Waals surface area (Å²) >= 11 is 3.09. The van der Waals surface area contributed by atoms with E-state index in [0.29, 0.717) is 16.8 Å². The molecule has 0 saturated heterocycles. The number of aromatic nitrogens is 4. The van der Waals surface area contributed by atoms with Crippen LogP contribution < -0.4 is 4.90 Å². The van der Waals surface area contributed by atoms with E-state index < -0.39 is 0 Å². The maximum atomic E-state index is 12.3. The minimum absolute atomic E-state index is 0.0577. The molecule has 4 aromatic rings. The number of thiazole rings is 1. The van der Waals surface area contributed by atoms with Crippen molar-refractivity contribution in [1.82, 2.24) is 19.7 Å². The van der Waals surface area contributed by atoms with Crippen molar-refractivity contribution in [1.29, 1.82) is 0 Å². The molecule has 2 heterocycles. The second-order valence-corrected chi connectivity index (χ2v) is 9.17. The highest BCUT2D eigenvalue weighted by atomic mass is 32.2. The smallest absolute Gasteiger partial charge is 0.230 e. The molecule has 5 rings (SSSR count). The van der Waals surface area contributed by atoms with Crippen molar-refractivity contribution in [2.75, 3.05) is 4.90 Å². The number of anilines is 2. The molecule has 31 heavy (non-hydrogen) atoms. The molecule has 8 heteroatoms. The van der Waals surface area contributed by atoms with Crippen LogP contribution in [0.3, 0.4) is 0 Å². The zero-order chi connectivity index (χ0) is 21.2. The summed E-state index contributed by atoms with van der Waals surface area (Å²) in [6, 6.07) is 19.9. The lowest BCUT2D eigenvalue weighted by atomic mass is 10.3. The topological polar surface area (TPSA) is 63.9 Å². The lowest BCUT2D eigenvalue weighted by Gasteiger charge is -2.17. The van der Waals surface area contributed by atoms with Gasteiger partial charge in [-0.2, -0.15) is 0 Å². The first kappa shape index (κ1) is 20.0. The molecule has 0 radical (unpaired) electrons. The van der Waals surface area contributed by atoms with E-state index in [-0.39, 0.29) is 5.91 Å². The first-order valence-corrected chi connectivity index (χ1v) is 12.0. The Morgan fingerprint density at radius 1 is 1.10 bits per heavy atom. The average molecular weight is 448 g/mol. The second-order valence-electron chi connectivity index (χ2n) is 7.39. The van der Waals surface area contributed by atoms with Crippen molar-refractivity contribution in [2.45, 2.75) is 36.6 Å². The van der Waals surface area contributed by atoms with E-state index in [1.165, 1.54) is 24.2 Å². The zero-order valence-corrected chi connectivity index (χ0v) is 18.6. The molecular formula is C23H21N5OS2. The van der Waals surface area contributed by atoms with Crippen molar-refractivity contribution < 1.29 is 4.79 Å². The fourth-order valence-electron chi connectivity index (χ4n) is 3.41. The molecule has 2 aromatic carbocycles. The Kier molecular flexibility index (Phi) is 5.57. The quantitative estimate of drug-likeness (QED) is 0.346. The number of thioether (sulfide) groups is 1. The van der Waals surface area contributed by atoms with Gasteiger partial charge in [-0.1, -0.05) is 48.2 Å². The number of hydrogen-bond donors (Lipinski definition) is 0. The van der Waals surface area contributed by atoms with Gasteiger partial charge in [0.05, 0.1) is 11.4 Å². The molecule has 1 amide bonds. The van der Waals surface area contributed by atoms with Gasteiger partial charge in [0.15, 0.2) is 10.3 Å². The largest absolute Gasteiger partial charge is 0.274 e. The molecular weight excluding hydrogens is 426 g/mol. The van der Waals surface area contributed by atoms with Gasteiger partial charge in [-0.25, -0.2) is 4.98 Å². The van der Waals surface area contributed by atoms with Crippen molar-refractivity contribution in [3.05, 3.63) is 77.6 Å².